The molecule has 0 radical (unpaired) electrons. The minimum absolute atomic E-state index is 0.0341. The number of hydrogen-bond donors (Lipinski definition) is 1. The van der Waals surface area contributed by atoms with Crippen LogP contribution in [0.5, 0.6) is 0 Å². The van der Waals surface area contributed by atoms with Gasteiger partial charge in [0.1, 0.15) is 6.04 Å². The van der Waals surface area contributed by atoms with Crippen molar-refractivity contribution in [1.29, 1.82) is 0 Å². The van der Waals surface area contributed by atoms with Crippen LogP contribution in [0.3, 0.4) is 0 Å². The van der Waals surface area contributed by atoms with Gasteiger partial charge in [0, 0.05) is 3.57 Å². The van der Waals surface area contributed by atoms with Crippen LogP contribution in [0.4, 0.5) is 0 Å². The third-order valence-corrected chi connectivity index (χ3v) is 3.99. The van der Waals surface area contributed by atoms with Crippen molar-refractivity contribution in [2.45, 2.75) is 25.9 Å². The van der Waals surface area contributed by atoms with Crippen molar-refractivity contribution in [2.24, 2.45) is 0 Å². The molecule has 1 N–H and O–H groups in total. The first-order chi connectivity index (χ1) is 8.50. The summed E-state index contributed by atoms with van der Waals surface area (Å²) in [5.74, 6) is -0.125. The molecule has 1 fully saturated rings. The van der Waals surface area contributed by atoms with Crippen LogP contribution >= 0.6 is 22.6 Å². The third-order valence-electron chi connectivity index (χ3n) is 3.27. The Bertz CT molecular complexity index is 472. The molecule has 2 atom stereocenters. The van der Waals surface area contributed by atoms with E-state index in [4.69, 9.17) is 0 Å². The van der Waals surface area contributed by atoms with E-state index in [0.29, 0.717) is 0 Å². The predicted octanol–water partition coefficient (Wildman–Crippen LogP) is 1.70. The largest absolute Gasteiger partial charge is 0.345 e. The molecule has 2 rings (SSSR count). The summed E-state index contributed by atoms with van der Waals surface area (Å²) in [6.45, 7) is 3.81. The topological polar surface area (TPSA) is 49.4 Å². The first-order valence-electron chi connectivity index (χ1n) is 5.85. The summed E-state index contributed by atoms with van der Waals surface area (Å²) >= 11 is 2.24. The number of hydrogen-bond acceptors (Lipinski definition) is 2. The van der Waals surface area contributed by atoms with Crippen LogP contribution in [-0.2, 0) is 9.59 Å². The van der Waals surface area contributed by atoms with E-state index in [1.165, 1.54) is 0 Å². The zero-order valence-corrected chi connectivity index (χ0v) is 12.5. The zero-order chi connectivity index (χ0) is 13.3. The summed E-state index contributed by atoms with van der Waals surface area (Å²) in [6, 6.07) is 7.51. The molecule has 1 aromatic rings. The average molecular weight is 358 g/mol. The van der Waals surface area contributed by atoms with Crippen LogP contribution in [0.25, 0.3) is 0 Å². The molecule has 1 saturated heterocycles. The van der Waals surface area contributed by atoms with Gasteiger partial charge in [-0.1, -0.05) is 12.1 Å². The van der Waals surface area contributed by atoms with Gasteiger partial charge in [0.25, 0.3) is 0 Å². The van der Waals surface area contributed by atoms with Gasteiger partial charge in [0.05, 0.1) is 12.6 Å². The average Bonchev–Trinajstić information content (AvgIpc) is 2.35. The third kappa shape index (κ3) is 2.50. The molecule has 0 bridgehead atoms. The molecule has 1 aliphatic rings. The molecule has 0 spiro atoms. The monoisotopic (exact) mass is 358 g/mol. The number of halogens is 1. The van der Waals surface area contributed by atoms with Crippen LogP contribution in [0, 0.1) is 3.57 Å². The molecule has 96 valence electrons. The molecular weight excluding hydrogens is 343 g/mol. The number of piperazine rings is 1. The van der Waals surface area contributed by atoms with Crippen molar-refractivity contribution in [1.82, 2.24) is 10.2 Å². The SMILES string of the molecule is C[C@@H]1C(=O)NCC(=O)N1[C@@H](C)c1ccc(I)cc1. The van der Waals surface area contributed by atoms with Crippen LogP contribution in [0.1, 0.15) is 25.5 Å². The number of nitrogens with zero attached hydrogens (tertiary/aromatic N) is 1. The van der Waals surface area contributed by atoms with Crippen molar-refractivity contribution in [2.75, 3.05) is 6.54 Å². The fraction of sp³-hybridized carbons (Fsp3) is 0.385. The molecule has 1 heterocycles. The van der Waals surface area contributed by atoms with Gasteiger partial charge < -0.3 is 10.2 Å². The molecule has 18 heavy (non-hydrogen) atoms. The summed E-state index contributed by atoms with van der Waals surface area (Å²) in [5, 5.41) is 2.60. The Morgan fingerprint density at radius 1 is 1.33 bits per heavy atom. The van der Waals surface area contributed by atoms with Gasteiger partial charge in [0.2, 0.25) is 11.8 Å². The smallest absolute Gasteiger partial charge is 0.243 e. The summed E-state index contributed by atoms with van der Waals surface area (Å²) in [5.41, 5.74) is 1.05. The van der Waals surface area contributed by atoms with E-state index >= 15 is 0 Å². The highest BCUT2D eigenvalue weighted by Gasteiger charge is 2.34. The van der Waals surface area contributed by atoms with E-state index in [1.807, 2.05) is 31.2 Å². The van der Waals surface area contributed by atoms with Crippen LogP contribution in [0.15, 0.2) is 24.3 Å². The van der Waals surface area contributed by atoms with E-state index in [1.54, 1.807) is 11.8 Å². The van der Waals surface area contributed by atoms with Gasteiger partial charge >= 0.3 is 0 Å². The Hall–Kier alpha value is -1.11. The van der Waals surface area contributed by atoms with E-state index in [2.05, 4.69) is 27.9 Å². The van der Waals surface area contributed by atoms with Crippen molar-refractivity contribution >= 4 is 34.4 Å². The molecule has 0 saturated carbocycles. The Morgan fingerprint density at radius 3 is 2.56 bits per heavy atom. The Balaban J connectivity index is 2.26. The number of carbonyl (C=O) groups excluding carboxylic acids is 2. The van der Waals surface area contributed by atoms with Crippen LogP contribution in [0.2, 0.25) is 0 Å². The predicted molar refractivity (Wildman–Crippen MR) is 76.9 cm³/mol. The van der Waals surface area contributed by atoms with Gasteiger partial charge in [-0.15, -0.1) is 0 Å². The highest BCUT2D eigenvalue weighted by atomic mass is 127. The maximum absolute atomic E-state index is 11.9. The lowest BCUT2D eigenvalue weighted by Crippen LogP contribution is -2.57. The Morgan fingerprint density at radius 2 is 1.94 bits per heavy atom. The molecule has 5 heteroatoms. The van der Waals surface area contributed by atoms with Crippen molar-refractivity contribution < 1.29 is 9.59 Å². The first-order valence-corrected chi connectivity index (χ1v) is 6.93. The van der Waals surface area contributed by atoms with E-state index in [0.717, 1.165) is 9.13 Å². The standard InChI is InChI=1S/C13H15IN2O2/c1-8(10-3-5-11(14)6-4-10)16-9(2)13(18)15-7-12(16)17/h3-6,8-9H,7H2,1-2H3,(H,15,18)/t8-,9+/m0/s1. The summed E-state index contributed by atoms with van der Waals surface area (Å²) in [6.07, 6.45) is 0. The summed E-state index contributed by atoms with van der Waals surface area (Å²) in [4.78, 5) is 25.2. The quantitative estimate of drug-likeness (QED) is 0.819. The minimum Gasteiger partial charge on any atom is -0.345 e. The molecule has 2 amide bonds. The second kappa shape index (κ2) is 5.26. The lowest BCUT2D eigenvalue weighted by Gasteiger charge is -2.37. The molecule has 0 aliphatic carbocycles. The minimum atomic E-state index is -0.416. The highest BCUT2D eigenvalue weighted by Crippen LogP contribution is 2.24. The molecule has 1 aliphatic heterocycles. The second-order valence-electron chi connectivity index (χ2n) is 4.42. The maximum Gasteiger partial charge on any atom is 0.243 e. The molecular formula is C13H15IN2O2. The molecule has 1 aromatic carbocycles. The maximum atomic E-state index is 11.9. The van der Waals surface area contributed by atoms with Crippen LogP contribution in [-0.4, -0.2) is 29.3 Å². The summed E-state index contributed by atoms with van der Waals surface area (Å²) < 4.78 is 1.15. The number of amides is 2. The number of rotatable bonds is 2. The number of carbonyl (C=O) groups is 2. The fourth-order valence-electron chi connectivity index (χ4n) is 2.20. The van der Waals surface area contributed by atoms with Gasteiger partial charge in [-0.2, -0.15) is 0 Å². The van der Waals surface area contributed by atoms with Crippen molar-refractivity contribution in [3.8, 4) is 0 Å². The first kappa shape index (κ1) is 13.3. The van der Waals surface area contributed by atoms with Crippen molar-refractivity contribution in [3.05, 3.63) is 33.4 Å². The summed E-state index contributed by atoms with van der Waals surface area (Å²) in [7, 11) is 0. The van der Waals surface area contributed by atoms with Crippen LogP contribution < -0.4 is 5.32 Å². The van der Waals surface area contributed by atoms with E-state index in [-0.39, 0.29) is 24.4 Å². The Labute approximate surface area is 120 Å². The highest BCUT2D eigenvalue weighted by molar-refractivity contribution is 14.1. The number of nitrogens with one attached hydrogen (secondary N) is 1. The lowest BCUT2D eigenvalue weighted by atomic mass is 10.0. The normalized spacial score (nSPS) is 21.7. The van der Waals surface area contributed by atoms with Crippen molar-refractivity contribution in [3.63, 3.8) is 0 Å². The molecule has 4 nitrogen and oxygen atoms in total. The zero-order valence-electron chi connectivity index (χ0n) is 10.3. The van der Waals surface area contributed by atoms with E-state index in [9.17, 15) is 9.59 Å². The van der Waals surface area contributed by atoms with E-state index < -0.39 is 6.04 Å². The lowest BCUT2D eigenvalue weighted by molar-refractivity contribution is -0.147. The van der Waals surface area contributed by atoms with Gasteiger partial charge in [-0.05, 0) is 54.1 Å². The number of benzene rings is 1. The van der Waals surface area contributed by atoms with Gasteiger partial charge in [-0.25, -0.2) is 0 Å². The Kier molecular flexibility index (Phi) is 3.89. The molecule has 0 aromatic heterocycles. The second-order valence-corrected chi connectivity index (χ2v) is 5.67. The molecule has 0 unspecified atom stereocenters. The van der Waals surface area contributed by atoms with Gasteiger partial charge in [-0.3, -0.25) is 9.59 Å². The fourth-order valence-corrected chi connectivity index (χ4v) is 2.56. The van der Waals surface area contributed by atoms with Gasteiger partial charge in [0.15, 0.2) is 0 Å².